The molecule has 0 aliphatic carbocycles. The Labute approximate surface area is 112 Å². The van der Waals surface area contributed by atoms with Crippen LogP contribution in [0.15, 0.2) is 6.07 Å². The van der Waals surface area contributed by atoms with Gasteiger partial charge in [0.1, 0.15) is 17.5 Å². The van der Waals surface area contributed by atoms with E-state index in [2.05, 4.69) is 20.3 Å². The molecule has 0 radical (unpaired) electrons. The molecule has 0 saturated carbocycles. The number of aromatic nitrogens is 2. The summed E-state index contributed by atoms with van der Waals surface area (Å²) < 4.78 is 0. The first-order chi connectivity index (χ1) is 9.13. The first-order valence-electron chi connectivity index (χ1n) is 6.53. The molecule has 7 nitrogen and oxygen atoms in total. The fourth-order valence-electron chi connectivity index (χ4n) is 2.29. The van der Waals surface area contributed by atoms with Gasteiger partial charge in [-0.25, -0.2) is 15.8 Å². The van der Waals surface area contributed by atoms with Crippen molar-refractivity contribution in [3.63, 3.8) is 0 Å². The van der Waals surface area contributed by atoms with Gasteiger partial charge in [-0.15, -0.1) is 0 Å². The number of hydrazine groups is 1. The summed E-state index contributed by atoms with van der Waals surface area (Å²) in [5.41, 5.74) is 7.93. The summed E-state index contributed by atoms with van der Waals surface area (Å²) in [5, 5.41) is 0. The summed E-state index contributed by atoms with van der Waals surface area (Å²) in [6.45, 7) is 3.47. The van der Waals surface area contributed by atoms with Gasteiger partial charge >= 0.3 is 0 Å². The van der Waals surface area contributed by atoms with Gasteiger partial charge in [0.15, 0.2) is 0 Å². The largest absolute Gasteiger partial charge is 0.369 e. The highest BCUT2D eigenvalue weighted by Gasteiger charge is 2.25. The fraction of sp³-hybridized carbons (Fsp3) is 0.583. The number of rotatable bonds is 4. The second kappa shape index (κ2) is 5.83. The van der Waals surface area contributed by atoms with Crippen molar-refractivity contribution in [3.8, 4) is 0 Å². The van der Waals surface area contributed by atoms with E-state index in [-0.39, 0.29) is 11.8 Å². The summed E-state index contributed by atoms with van der Waals surface area (Å²) in [6, 6.07) is 1.79. The molecule has 1 aromatic rings. The molecule has 5 N–H and O–H groups in total. The van der Waals surface area contributed by atoms with Gasteiger partial charge in [-0.05, 0) is 12.8 Å². The first-order valence-corrected chi connectivity index (χ1v) is 6.53. The Kier molecular flexibility index (Phi) is 4.16. The molecule has 0 bridgehead atoms. The van der Waals surface area contributed by atoms with E-state index >= 15 is 0 Å². The molecule has 0 spiro atoms. The van der Waals surface area contributed by atoms with Gasteiger partial charge in [-0.3, -0.25) is 4.79 Å². The minimum absolute atomic E-state index is 0.108. The Morgan fingerprint density at radius 3 is 3.00 bits per heavy atom. The van der Waals surface area contributed by atoms with E-state index in [1.807, 2.05) is 6.92 Å². The van der Waals surface area contributed by atoms with Crippen LogP contribution in [0.25, 0.3) is 0 Å². The minimum Gasteiger partial charge on any atom is -0.369 e. The van der Waals surface area contributed by atoms with Crippen LogP contribution >= 0.6 is 0 Å². The zero-order valence-electron chi connectivity index (χ0n) is 11.1. The molecule has 2 rings (SSSR count). The van der Waals surface area contributed by atoms with Crippen LogP contribution in [-0.2, 0) is 11.2 Å². The maximum absolute atomic E-state index is 11.3. The normalized spacial score (nSPS) is 19.3. The van der Waals surface area contributed by atoms with E-state index in [1.165, 1.54) is 0 Å². The molecule has 1 aromatic heterocycles. The summed E-state index contributed by atoms with van der Waals surface area (Å²) in [7, 11) is 0. The molecule has 1 amide bonds. The zero-order chi connectivity index (χ0) is 13.8. The smallest absolute Gasteiger partial charge is 0.222 e. The van der Waals surface area contributed by atoms with Crippen LogP contribution < -0.4 is 21.9 Å². The monoisotopic (exact) mass is 264 g/mol. The Morgan fingerprint density at radius 1 is 1.58 bits per heavy atom. The van der Waals surface area contributed by atoms with Gasteiger partial charge in [-0.2, -0.15) is 0 Å². The van der Waals surface area contributed by atoms with E-state index in [9.17, 15) is 4.79 Å². The number of nitrogens with two attached hydrogens (primary N) is 2. The van der Waals surface area contributed by atoms with E-state index in [4.69, 9.17) is 11.6 Å². The molecule has 1 aliphatic heterocycles. The van der Waals surface area contributed by atoms with Crippen LogP contribution in [0.4, 0.5) is 11.6 Å². The molecule has 1 unspecified atom stereocenters. The third kappa shape index (κ3) is 3.11. The number of hydrogen-bond acceptors (Lipinski definition) is 6. The van der Waals surface area contributed by atoms with Crippen LogP contribution in [0.1, 0.15) is 25.6 Å². The van der Waals surface area contributed by atoms with Gasteiger partial charge < -0.3 is 16.1 Å². The zero-order valence-corrected chi connectivity index (χ0v) is 11.1. The number of carbonyl (C=O) groups excluding carboxylic acids is 1. The molecule has 19 heavy (non-hydrogen) atoms. The van der Waals surface area contributed by atoms with Crippen molar-refractivity contribution >= 4 is 17.5 Å². The lowest BCUT2D eigenvalue weighted by Gasteiger charge is -2.32. The molecule has 1 saturated heterocycles. The maximum Gasteiger partial charge on any atom is 0.222 e. The molecule has 0 aromatic carbocycles. The molecule has 104 valence electrons. The molecule has 7 heteroatoms. The predicted octanol–water partition coefficient (Wildman–Crippen LogP) is 0.0263. The van der Waals surface area contributed by atoms with Gasteiger partial charge in [0, 0.05) is 25.6 Å². The number of amides is 1. The highest BCUT2D eigenvalue weighted by atomic mass is 16.1. The summed E-state index contributed by atoms with van der Waals surface area (Å²) in [5.74, 6) is 7.17. The van der Waals surface area contributed by atoms with Crippen molar-refractivity contribution in [2.75, 3.05) is 23.4 Å². The topological polar surface area (TPSA) is 110 Å². The molecule has 1 fully saturated rings. The minimum atomic E-state index is -0.244. The number of aryl methyl sites for hydroxylation is 1. The van der Waals surface area contributed by atoms with E-state index in [0.717, 1.165) is 37.4 Å². The lowest BCUT2D eigenvalue weighted by molar-refractivity contribution is -0.122. The summed E-state index contributed by atoms with van der Waals surface area (Å²) >= 11 is 0. The lowest BCUT2D eigenvalue weighted by Crippen LogP contribution is -2.41. The second-order valence-electron chi connectivity index (χ2n) is 4.71. The molecule has 1 aliphatic rings. The van der Waals surface area contributed by atoms with Gasteiger partial charge in [-0.1, -0.05) is 6.92 Å². The summed E-state index contributed by atoms with van der Waals surface area (Å²) in [6.07, 6.45) is 2.51. The Hall–Kier alpha value is -1.89. The number of anilines is 2. The average Bonchev–Trinajstić information content (AvgIpc) is 2.46. The fourth-order valence-corrected chi connectivity index (χ4v) is 2.29. The Balaban J connectivity index is 2.22. The van der Waals surface area contributed by atoms with E-state index in [0.29, 0.717) is 12.4 Å². The summed E-state index contributed by atoms with van der Waals surface area (Å²) in [4.78, 5) is 22.1. The number of hydrogen-bond donors (Lipinski definition) is 3. The van der Waals surface area contributed by atoms with Gasteiger partial charge in [0.25, 0.3) is 0 Å². The second-order valence-corrected chi connectivity index (χ2v) is 4.71. The molecule has 1 atom stereocenters. The highest BCUT2D eigenvalue weighted by Crippen LogP contribution is 2.23. The van der Waals surface area contributed by atoms with Crippen LogP contribution in [0.3, 0.4) is 0 Å². The highest BCUT2D eigenvalue weighted by molar-refractivity contribution is 5.77. The van der Waals surface area contributed by atoms with E-state index in [1.54, 1.807) is 6.07 Å². The van der Waals surface area contributed by atoms with Crippen LogP contribution in [0.2, 0.25) is 0 Å². The Bertz CT molecular complexity index is 441. The van der Waals surface area contributed by atoms with Crippen LogP contribution in [0, 0.1) is 5.92 Å². The number of piperidine rings is 1. The van der Waals surface area contributed by atoms with Crippen molar-refractivity contribution in [1.82, 2.24) is 9.97 Å². The maximum atomic E-state index is 11.3. The van der Waals surface area contributed by atoms with Crippen molar-refractivity contribution in [3.05, 3.63) is 11.9 Å². The number of nitrogens with one attached hydrogen (secondary N) is 1. The van der Waals surface area contributed by atoms with Crippen molar-refractivity contribution < 1.29 is 4.79 Å². The lowest BCUT2D eigenvalue weighted by atomic mass is 9.97. The first kappa shape index (κ1) is 13.5. The molecule has 2 heterocycles. The molecular formula is C12H20N6O. The quantitative estimate of drug-likeness (QED) is 0.522. The van der Waals surface area contributed by atoms with Crippen molar-refractivity contribution in [2.24, 2.45) is 17.5 Å². The number of nitrogen functional groups attached to an aromatic ring is 1. The third-order valence-corrected chi connectivity index (χ3v) is 3.37. The van der Waals surface area contributed by atoms with E-state index < -0.39 is 0 Å². The number of carbonyl (C=O) groups is 1. The van der Waals surface area contributed by atoms with Crippen molar-refractivity contribution in [1.29, 1.82) is 0 Å². The Morgan fingerprint density at radius 2 is 2.37 bits per heavy atom. The third-order valence-electron chi connectivity index (χ3n) is 3.37. The van der Waals surface area contributed by atoms with Crippen molar-refractivity contribution in [2.45, 2.75) is 26.2 Å². The van der Waals surface area contributed by atoms with Gasteiger partial charge in [0.05, 0.1) is 5.92 Å². The molecular weight excluding hydrogens is 244 g/mol. The standard InChI is InChI=1S/C12H20N6O/c1-2-9-15-10(17-14)6-11(16-9)18-5-3-4-8(7-18)12(13)19/h6,8H,2-5,7,14H2,1H3,(H2,13,19)(H,15,16,17). The average molecular weight is 264 g/mol. The van der Waals surface area contributed by atoms with Crippen LogP contribution in [0.5, 0.6) is 0 Å². The van der Waals surface area contributed by atoms with Crippen LogP contribution in [-0.4, -0.2) is 29.0 Å². The SMILES string of the molecule is CCc1nc(NN)cc(N2CCCC(C(N)=O)C2)n1. The number of primary amides is 1. The number of nitrogens with zero attached hydrogens (tertiary/aromatic N) is 3. The van der Waals surface area contributed by atoms with Gasteiger partial charge in [0.2, 0.25) is 5.91 Å². The predicted molar refractivity (Wildman–Crippen MR) is 73.4 cm³/mol.